The number of carbonyl (C=O) groups is 2. The molecule has 26 heavy (non-hydrogen) atoms. The van der Waals surface area contributed by atoms with Crippen LogP contribution >= 0.6 is 0 Å². The number of aryl methyl sites for hydroxylation is 2. The molecule has 1 aliphatic carbocycles. The van der Waals surface area contributed by atoms with Crippen molar-refractivity contribution in [1.29, 1.82) is 0 Å². The highest BCUT2D eigenvalue weighted by Crippen LogP contribution is 2.21. The lowest BCUT2D eigenvalue weighted by Crippen LogP contribution is -2.53. The van der Waals surface area contributed by atoms with Gasteiger partial charge in [-0.25, -0.2) is 4.52 Å². The van der Waals surface area contributed by atoms with Crippen LogP contribution in [0.4, 0.5) is 0 Å². The van der Waals surface area contributed by atoms with Crippen LogP contribution in [0.25, 0.3) is 5.52 Å². The Kier molecular flexibility index (Phi) is 3.99. The first-order chi connectivity index (χ1) is 12.5. The number of H-pyrrole nitrogens is 1. The largest absolute Gasteiger partial charge is 0.354 e. The Morgan fingerprint density at radius 3 is 2.54 bits per heavy atom. The molecule has 3 aromatic rings. The van der Waals surface area contributed by atoms with Gasteiger partial charge in [0.1, 0.15) is 5.69 Å². The predicted octanol–water partition coefficient (Wildman–Crippen LogP) is 1.97. The first kappa shape index (κ1) is 16.4. The standard InChI is InChI=1S/C19H21N5O2/c1-11-7-17(21-12(11)2)19(26)23-15-8-14(9-15)22-18(25)13-3-4-16-5-6-20-24(16)10-13/h3-7,10,14-15,21H,8-9H2,1-2H3,(H,22,25)(H,23,26). The Balaban J connectivity index is 1.29. The molecule has 7 heteroatoms. The van der Waals surface area contributed by atoms with Crippen molar-refractivity contribution in [2.75, 3.05) is 0 Å². The van der Waals surface area contributed by atoms with Gasteiger partial charge in [-0.3, -0.25) is 9.59 Å². The van der Waals surface area contributed by atoms with E-state index in [0.717, 1.165) is 29.6 Å². The number of hydrogen-bond acceptors (Lipinski definition) is 3. The Morgan fingerprint density at radius 1 is 1.12 bits per heavy atom. The number of aromatic amines is 1. The minimum atomic E-state index is -0.118. The van der Waals surface area contributed by atoms with Crippen LogP contribution in [0, 0.1) is 13.8 Å². The number of pyridine rings is 1. The molecule has 0 bridgehead atoms. The Morgan fingerprint density at radius 2 is 1.85 bits per heavy atom. The van der Waals surface area contributed by atoms with Gasteiger partial charge in [-0.1, -0.05) is 0 Å². The van der Waals surface area contributed by atoms with Gasteiger partial charge in [-0.15, -0.1) is 0 Å². The highest BCUT2D eigenvalue weighted by atomic mass is 16.2. The van der Waals surface area contributed by atoms with Crippen molar-refractivity contribution < 1.29 is 9.59 Å². The summed E-state index contributed by atoms with van der Waals surface area (Å²) in [7, 11) is 0. The number of carbonyl (C=O) groups excluding carboxylic acids is 2. The van der Waals surface area contributed by atoms with Crippen LogP contribution in [-0.2, 0) is 0 Å². The topological polar surface area (TPSA) is 91.3 Å². The molecular formula is C19H21N5O2. The summed E-state index contributed by atoms with van der Waals surface area (Å²) in [4.78, 5) is 27.7. The lowest BCUT2D eigenvalue weighted by molar-refractivity contribution is 0.0860. The zero-order valence-electron chi connectivity index (χ0n) is 14.7. The van der Waals surface area contributed by atoms with E-state index in [-0.39, 0.29) is 23.9 Å². The van der Waals surface area contributed by atoms with E-state index in [4.69, 9.17) is 0 Å². The summed E-state index contributed by atoms with van der Waals surface area (Å²) in [5, 5.41) is 10.2. The zero-order valence-corrected chi connectivity index (χ0v) is 14.7. The van der Waals surface area contributed by atoms with Crippen molar-refractivity contribution in [3.8, 4) is 0 Å². The molecule has 7 nitrogen and oxygen atoms in total. The van der Waals surface area contributed by atoms with E-state index in [9.17, 15) is 9.59 Å². The van der Waals surface area contributed by atoms with E-state index in [1.165, 1.54) is 0 Å². The SMILES string of the molecule is Cc1cc(C(=O)NC2CC(NC(=O)c3ccc4ccnn4c3)C2)[nH]c1C. The summed E-state index contributed by atoms with van der Waals surface area (Å²) in [5.41, 5.74) is 4.18. The molecule has 0 radical (unpaired) electrons. The van der Waals surface area contributed by atoms with Gasteiger partial charge in [-0.2, -0.15) is 5.10 Å². The summed E-state index contributed by atoms with van der Waals surface area (Å²) in [5.74, 6) is -0.215. The maximum atomic E-state index is 12.4. The van der Waals surface area contributed by atoms with Crippen LogP contribution in [0.5, 0.6) is 0 Å². The van der Waals surface area contributed by atoms with Crippen molar-refractivity contribution in [2.45, 2.75) is 38.8 Å². The Bertz CT molecular complexity index is 961. The van der Waals surface area contributed by atoms with E-state index in [1.807, 2.05) is 32.0 Å². The fourth-order valence-corrected chi connectivity index (χ4v) is 3.22. The number of nitrogens with one attached hydrogen (secondary N) is 3. The van der Waals surface area contributed by atoms with E-state index in [0.29, 0.717) is 11.3 Å². The van der Waals surface area contributed by atoms with E-state index in [2.05, 4.69) is 20.7 Å². The number of amides is 2. The summed E-state index contributed by atoms with van der Waals surface area (Å²) in [6.07, 6.45) is 4.89. The second kappa shape index (κ2) is 6.33. The van der Waals surface area contributed by atoms with Crippen LogP contribution in [0.2, 0.25) is 0 Å². The van der Waals surface area contributed by atoms with Gasteiger partial charge in [0.25, 0.3) is 11.8 Å². The molecule has 0 aromatic carbocycles. The number of hydrogen-bond donors (Lipinski definition) is 3. The van der Waals surface area contributed by atoms with Gasteiger partial charge in [-0.05, 0) is 56.5 Å². The van der Waals surface area contributed by atoms with Crippen molar-refractivity contribution in [2.24, 2.45) is 0 Å². The van der Waals surface area contributed by atoms with E-state index in [1.54, 1.807) is 23.0 Å². The van der Waals surface area contributed by atoms with Crippen LogP contribution in [-0.4, -0.2) is 38.5 Å². The predicted molar refractivity (Wildman–Crippen MR) is 97.2 cm³/mol. The molecule has 3 heterocycles. The molecule has 4 rings (SSSR count). The van der Waals surface area contributed by atoms with Crippen molar-refractivity contribution in [1.82, 2.24) is 25.2 Å². The highest BCUT2D eigenvalue weighted by Gasteiger charge is 2.32. The van der Waals surface area contributed by atoms with Gasteiger partial charge in [0.05, 0.1) is 11.1 Å². The third-order valence-electron chi connectivity index (χ3n) is 4.99. The molecule has 1 fully saturated rings. The number of nitrogens with zero attached hydrogens (tertiary/aromatic N) is 2. The van der Waals surface area contributed by atoms with Crippen molar-refractivity contribution in [3.05, 3.63) is 59.2 Å². The molecule has 0 unspecified atom stereocenters. The zero-order chi connectivity index (χ0) is 18.3. The summed E-state index contributed by atoms with van der Waals surface area (Å²) in [6, 6.07) is 7.56. The van der Waals surface area contributed by atoms with Gasteiger partial charge >= 0.3 is 0 Å². The molecule has 1 aliphatic rings. The first-order valence-electron chi connectivity index (χ1n) is 8.71. The summed E-state index contributed by atoms with van der Waals surface area (Å²) in [6.45, 7) is 3.92. The Hall–Kier alpha value is -3.09. The molecule has 2 amide bonds. The molecule has 1 saturated carbocycles. The molecular weight excluding hydrogens is 330 g/mol. The fraction of sp³-hybridized carbons (Fsp3) is 0.316. The normalized spacial score (nSPS) is 19.2. The van der Waals surface area contributed by atoms with Crippen LogP contribution in [0.1, 0.15) is 44.9 Å². The Labute approximate surface area is 150 Å². The quantitative estimate of drug-likeness (QED) is 0.671. The minimum absolute atomic E-state index is 0.0771. The van der Waals surface area contributed by atoms with E-state index >= 15 is 0 Å². The maximum absolute atomic E-state index is 12.4. The molecule has 3 N–H and O–H groups in total. The molecule has 3 aromatic heterocycles. The van der Waals surface area contributed by atoms with Gasteiger partial charge < -0.3 is 15.6 Å². The highest BCUT2D eigenvalue weighted by molar-refractivity contribution is 5.95. The lowest BCUT2D eigenvalue weighted by atomic mass is 9.86. The molecule has 0 atom stereocenters. The molecule has 0 aliphatic heterocycles. The lowest BCUT2D eigenvalue weighted by Gasteiger charge is -2.36. The number of rotatable bonds is 4. The van der Waals surface area contributed by atoms with Crippen molar-refractivity contribution >= 4 is 17.3 Å². The minimum Gasteiger partial charge on any atom is -0.354 e. The fourth-order valence-electron chi connectivity index (χ4n) is 3.22. The van der Waals surface area contributed by atoms with Gasteiger partial charge in [0.15, 0.2) is 0 Å². The summed E-state index contributed by atoms with van der Waals surface area (Å²) >= 11 is 0. The van der Waals surface area contributed by atoms with Crippen LogP contribution in [0.15, 0.2) is 36.7 Å². The summed E-state index contributed by atoms with van der Waals surface area (Å²) < 4.78 is 1.68. The van der Waals surface area contributed by atoms with Crippen molar-refractivity contribution in [3.63, 3.8) is 0 Å². The van der Waals surface area contributed by atoms with Crippen LogP contribution < -0.4 is 10.6 Å². The molecule has 0 spiro atoms. The second-order valence-electron chi connectivity index (χ2n) is 6.92. The molecule has 134 valence electrons. The van der Waals surface area contributed by atoms with Gasteiger partial charge in [0, 0.05) is 30.2 Å². The molecule has 0 saturated heterocycles. The number of aromatic nitrogens is 3. The maximum Gasteiger partial charge on any atom is 0.267 e. The number of fused-ring (bicyclic) bond motifs is 1. The van der Waals surface area contributed by atoms with Gasteiger partial charge in [0.2, 0.25) is 0 Å². The average Bonchev–Trinajstić information content (AvgIpc) is 3.18. The van der Waals surface area contributed by atoms with E-state index < -0.39 is 0 Å². The first-order valence-corrected chi connectivity index (χ1v) is 8.71. The van der Waals surface area contributed by atoms with Crippen LogP contribution in [0.3, 0.4) is 0 Å². The monoisotopic (exact) mass is 351 g/mol. The smallest absolute Gasteiger partial charge is 0.267 e. The third kappa shape index (κ3) is 3.08. The second-order valence-corrected chi connectivity index (χ2v) is 6.92. The third-order valence-corrected chi connectivity index (χ3v) is 4.99. The average molecular weight is 351 g/mol.